The van der Waals surface area contributed by atoms with Gasteiger partial charge in [-0.15, -0.1) is 0 Å². The Labute approximate surface area is 127 Å². The quantitative estimate of drug-likeness (QED) is 0.625. The zero-order chi connectivity index (χ0) is 16.3. The van der Waals surface area contributed by atoms with Crippen LogP contribution in [-0.2, 0) is 16.6 Å². The molecule has 0 saturated carbocycles. The number of hydrogen-bond acceptors (Lipinski definition) is 4. The van der Waals surface area contributed by atoms with Gasteiger partial charge in [0, 0.05) is 25.7 Å². The van der Waals surface area contributed by atoms with Gasteiger partial charge in [-0.25, -0.2) is 12.8 Å². The lowest BCUT2D eigenvalue weighted by molar-refractivity contribution is -0.384. The zero-order valence-electron chi connectivity index (χ0n) is 11.6. The van der Waals surface area contributed by atoms with Crippen molar-refractivity contribution in [2.75, 3.05) is 7.05 Å². The van der Waals surface area contributed by atoms with Crippen molar-refractivity contribution in [1.82, 2.24) is 4.31 Å². The molecule has 2 aromatic carbocycles. The van der Waals surface area contributed by atoms with E-state index >= 15 is 0 Å². The van der Waals surface area contributed by atoms with Gasteiger partial charge in [-0.3, -0.25) is 10.1 Å². The third-order valence-electron chi connectivity index (χ3n) is 3.07. The molecule has 2 rings (SSSR count). The van der Waals surface area contributed by atoms with Crippen LogP contribution in [0.25, 0.3) is 0 Å². The number of benzene rings is 2. The highest BCUT2D eigenvalue weighted by Crippen LogP contribution is 2.18. The average molecular weight is 324 g/mol. The minimum Gasteiger partial charge on any atom is -0.258 e. The largest absolute Gasteiger partial charge is 0.269 e. The van der Waals surface area contributed by atoms with Gasteiger partial charge < -0.3 is 0 Å². The summed E-state index contributed by atoms with van der Waals surface area (Å²) >= 11 is 0. The van der Waals surface area contributed by atoms with E-state index < -0.39 is 20.8 Å². The Morgan fingerprint density at radius 1 is 1.09 bits per heavy atom. The molecule has 0 atom stereocenters. The minimum absolute atomic E-state index is 0.0155. The normalized spacial score (nSPS) is 11.6. The fourth-order valence-corrected chi connectivity index (χ4v) is 3.01. The predicted octanol–water partition coefficient (Wildman–Crippen LogP) is 2.55. The molecule has 0 N–H and O–H groups in total. The van der Waals surface area contributed by atoms with Crippen molar-refractivity contribution < 1.29 is 17.7 Å². The topological polar surface area (TPSA) is 80.5 Å². The van der Waals surface area contributed by atoms with Crippen LogP contribution in [0, 0.1) is 15.9 Å². The van der Waals surface area contributed by atoms with Crippen LogP contribution >= 0.6 is 0 Å². The Kier molecular flexibility index (Phi) is 4.53. The summed E-state index contributed by atoms with van der Waals surface area (Å²) in [4.78, 5) is 10.0. The lowest BCUT2D eigenvalue weighted by atomic mass is 10.2. The van der Waals surface area contributed by atoms with Crippen LogP contribution in [0.2, 0.25) is 0 Å². The van der Waals surface area contributed by atoms with Crippen molar-refractivity contribution in [1.29, 1.82) is 0 Å². The highest BCUT2D eigenvalue weighted by molar-refractivity contribution is 7.89. The second kappa shape index (κ2) is 6.20. The highest BCUT2D eigenvalue weighted by atomic mass is 32.2. The molecule has 116 valence electrons. The van der Waals surface area contributed by atoms with Crippen molar-refractivity contribution in [3.05, 3.63) is 70.0 Å². The SMILES string of the molecule is CN(Cc1ccc([N+](=O)[O-])cc1)S(=O)(=O)c1ccc(F)cc1. The first-order valence-corrected chi connectivity index (χ1v) is 7.70. The summed E-state index contributed by atoms with van der Waals surface area (Å²) in [6.07, 6.45) is 0. The van der Waals surface area contributed by atoms with E-state index in [2.05, 4.69) is 0 Å². The van der Waals surface area contributed by atoms with Crippen molar-refractivity contribution in [3.8, 4) is 0 Å². The molecule has 0 unspecified atom stereocenters. The maximum absolute atomic E-state index is 12.9. The lowest BCUT2D eigenvalue weighted by Crippen LogP contribution is -2.26. The van der Waals surface area contributed by atoms with Crippen LogP contribution in [0.3, 0.4) is 0 Å². The fraction of sp³-hybridized carbons (Fsp3) is 0.143. The Hall–Kier alpha value is -2.32. The van der Waals surface area contributed by atoms with E-state index in [0.29, 0.717) is 5.56 Å². The minimum atomic E-state index is -3.75. The Bertz CT molecular complexity index is 773. The smallest absolute Gasteiger partial charge is 0.258 e. The molecule has 0 amide bonds. The molecular weight excluding hydrogens is 311 g/mol. The first kappa shape index (κ1) is 16.1. The van der Waals surface area contributed by atoms with Crippen LogP contribution in [-0.4, -0.2) is 24.7 Å². The highest BCUT2D eigenvalue weighted by Gasteiger charge is 2.21. The van der Waals surface area contributed by atoms with Crippen LogP contribution in [0.4, 0.5) is 10.1 Å². The summed E-state index contributed by atoms with van der Waals surface area (Å²) in [5, 5.41) is 10.6. The standard InChI is InChI=1S/C14H13FN2O4S/c1-16(10-11-2-6-13(7-3-11)17(18)19)22(20,21)14-8-4-12(15)5-9-14/h2-9H,10H2,1H3. The molecule has 0 aliphatic heterocycles. The molecule has 0 radical (unpaired) electrons. The summed E-state index contributed by atoms with van der Waals surface area (Å²) in [5.41, 5.74) is 0.548. The van der Waals surface area contributed by atoms with Crippen LogP contribution in [0.1, 0.15) is 5.56 Å². The Morgan fingerprint density at radius 3 is 2.14 bits per heavy atom. The molecule has 0 spiro atoms. The molecular formula is C14H13FN2O4S. The average Bonchev–Trinajstić information content (AvgIpc) is 2.48. The van der Waals surface area contributed by atoms with Gasteiger partial charge in [0.25, 0.3) is 5.69 Å². The second-order valence-electron chi connectivity index (χ2n) is 4.64. The molecule has 0 heterocycles. The number of nitrogens with zero attached hydrogens (tertiary/aromatic N) is 2. The summed E-state index contributed by atoms with van der Waals surface area (Å²) in [7, 11) is -2.36. The molecule has 22 heavy (non-hydrogen) atoms. The van der Waals surface area contributed by atoms with Crippen molar-refractivity contribution >= 4 is 15.7 Å². The number of halogens is 1. The van der Waals surface area contributed by atoms with Gasteiger partial charge in [-0.2, -0.15) is 4.31 Å². The molecule has 6 nitrogen and oxygen atoms in total. The van der Waals surface area contributed by atoms with Gasteiger partial charge in [0.1, 0.15) is 5.82 Å². The van der Waals surface area contributed by atoms with Crippen molar-refractivity contribution in [2.45, 2.75) is 11.4 Å². The summed E-state index contributed by atoms with van der Waals surface area (Å²) < 4.78 is 38.6. The van der Waals surface area contributed by atoms with Gasteiger partial charge >= 0.3 is 0 Å². The summed E-state index contributed by atoms with van der Waals surface area (Å²) in [6.45, 7) is 0.0533. The maximum atomic E-state index is 12.9. The molecule has 0 aromatic heterocycles. The Morgan fingerprint density at radius 2 is 1.64 bits per heavy atom. The molecule has 2 aromatic rings. The lowest BCUT2D eigenvalue weighted by Gasteiger charge is -2.17. The van der Waals surface area contributed by atoms with Crippen LogP contribution in [0.5, 0.6) is 0 Å². The molecule has 0 bridgehead atoms. The summed E-state index contributed by atoms with van der Waals surface area (Å²) in [5.74, 6) is -0.517. The van der Waals surface area contributed by atoms with Gasteiger partial charge in [0.2, 0.25) is 10.0 Å². The molecule has 0 aliphatic carbocycles. The van der Waals surface area contributed by atoms with Crippen LogP contribution in [0.15, 0.2) is 53.4 Å². The molecule has 0 fully saturated rings. The van der Waals surface area contributed by atoms with Gasteiger partial charge in [-0.1, -0.05) is 12.1 Å². The summed E-state index contributed by atoms with van der Waals surface area (Å²) in [6, 6.07) is 10.2. The van der Waals surface area contributed by atoms with Crippen molar-refractivity contribution in [2.24, 2.45) is 0 Å². The number of nitro groups is 1. The third kappa shape index (κ3) is 3.46. The first-order valence-electron chi connectivity index (χ1n) is 6.26. The number of sulfonamides is 1. The number of rotatable bonds is 5. The van der Waals surface area contributed by atoms with E-state index in [9.17, 15) is 22.9 Å². The number of hydrogen-bond donors (Lipinski definition) is 0. The fourth-order valence-electron chi connectivity index (χ4n) is 1.85. The van der Waals surface area contributed by atoms with Gasteiger partial charge in [0.05, 0.1) is 9.82 Å². The zero-order valence-corrected chi connectivity index (χ0v) is 12.5. The van der Waals surface area contributed by atoms with Gasteiger partial charge in [-0.05, 0) is 29.8 Å². The van der Waals surface area contributed by atoms with Crippen LogP contribution < -0.4 is 0 Å². The molecule has 0 aliphatic rings. The van der Waals surface area contributed by atoms with E-state index in [1.807, 2.05) is 0 Å². The molecule has 0 saturated heterocycles. The molecule has 8 heteroatoms. The number of non-ortho nitro benzene ring substituents is 1. The van der Waals surface area contributed by atoms with Gasteiger partial charge in [0.15, 0.2) is 0 Å². The predicted molar refractivity (Wildman–Crippen MR) is 78.1 cm³/mol. The monoisotopic (exact) mass is 324 g/mol. The first-order chi connectivity index (χ1) is 10.3. The second-order valence-corrected chi connectivity index (χ2v) is 6.68. The third-order valence-corrected chi connectivity index (χ3v) is 4.89. The Balaban J connectivity index is 2.18. The number of nitro benzene ring substituents is 1. The van der Waals surface area contributed by atoms with E-state index in [4.69, 9.17) is 0 Å². The van der Waals surface area contributed by atoms with E-state index in [1.165, 1.54) is 43.4 Å². The van der Waals surface area contributed by atoms with E-state index in [0.717, 1.165) is 16.4 Å². The van der Waals surface area contributed by atoms with Crippen molar-refractivity contribution in [3.63, 3.8) is 0 Å². The van der Waals surface area contributed by atoms with E-state index in [-0.39, 0.29) is 17.1 Å². The van der Waals surface area contributed by atoms with E-state index in [1.54, 1.807) is 0 Å². The maximum Gasteiger partial charge on any atom is 0.269 e.